The van der Waals surface area contributed by atoms with Gasteiger partial charge in [-0.05, 0) is 36.2 Å². The molecule has 0 fully saturated rings. The predicted molar refractivity (Wildman–Crippen MR) is 76.5 cm³/mol. The predicted octanol–water partition coefficient (Wildman–Crippen LogP) is 3.52. The Balaban J connectivity index is 1.74. The van der Waals surface area contributed by atoms with Gasteiger partial charge in [0.1, 0.15) is 6.61 Å². The van der Waals surface area contributed by atoms with Gasteiger partial charge in [-0.3, -0.25) is 9.78 Å². The van der Waals surface area contributed by atoms with Gasteiger partial charge in [-0.25, -0.2) is 0 Å². The molecule has 0 atom stereocenters. The van der Waals surface area contributed by atoms with Crippen LogP contribution >= 0.6 is 15.9 Å². The number of benzene rings is 1. The molecular formula is C15H14BrNO2. The van der Waals surface area contributed by atoms with E-state index in [1.807, 2.05) is 42.5 Å². The topological polar surface area (TPSA) is 39.2 Å². The molecule has 0 spiro atoms. The fourth-order valence-corrected chi connectivity index (χ4v) is 1.87. The summed E-state index contributed by atoms with van der Waals surface area (Å²) in [5.41, 5.74) is 1.89. The van der Waals surface area contributed by atoms with E-state index in [2.05, 4.69) is 20.9 Å². The van der Waals surface area contributed by atoms with Crippen LogP contribution in [-0.2, 0) is 22.6 Å². The standard InChI is InChI=1S/C15H14BrNO2/c16-13-7-4-12(5-8-13)6-9-15(18)19-11-14-3-1-2-10-17-14/h1-5,7-8,10H,6,9,11H2. The van der Waals surface area contributed by atoms with Gasteiger partial charge in [0.25, 0.3) is 0 Å². The molecule has 0 radical (unpaired) electrons. The van der Waals surface area contributed by atoms with Gasteiger partial charge in [0, 0.05) is 17.1 Å². The molecule has 0 N–H and O–H groups in total. The van der Waals surface area contributed by atoms with Crippen LogP contribution in [0.25, 0.3) is 0 Å². The Bertz CT molecular complexity index is 526. The molecule has 0 amide bonds. The maximum absolute atomic E-state index is 11.6. The van der Waals surface area contributed by atoms with Crippen molar-refractivity contribution in [1.82, 2.24) is 4.98 Å². The molecule has 2 rings (SSSR count). The molecule has 1 heterocycles. The first-order valence-electron chi connectivity index (χ1n) is 6.04. The molecule has 0 aliphatic heterocycles. The normalized spacial score (nSPS) is 10.2. The summed E-state index contributed by atoms with van der Waals surface area (Å²) in [6, 6.07) is 13.5. The zero-order valence-electron chi connectivity index (χ0n) is 10.4. The molecule has 1 aromatic heterocycles. The van der Waals surface area contributed by atoms with Gasteiger partial charge in [0.15, 0.2) is 0 Å². The minimum Gasteiger partial charge on any atom is -0.459 e. The number of aromatic nitrogens is 1. The Morgan fingerprint density at radius 2 is 1.95 bits per heavy atom. The summed E-state index contributed by atoms with van der Waals surface area (Å²) in [5, 5.41) is 0. The quantitative estimate of drug-likeness (QED) is 0.791. The van der Waals surface area contributed by atoms with Crippen LogP contribution in [-0.4, -0.2) is 11.0 Å². The van der Waals surface area contributed by atoms with E-state index in [0.29, 0.717) is 12.8 Å². The van der Waals surface area contributed by atoms with Crippen LogP contribution in [0.4, 0.5) is 0 Å². The Hall–Kier alpha value is -1.68. The number of nitrogens with zero attached hydrogens (tertiary/aromatic N) is 1. The number of hydrogen-bond donors (Lipinski definition) is 0. The Morgan fingerprint density at radius 1 is 1.16 bits per heavy atom. The lowest BCUT2D eigenvalue weighted by atomic mass is 10.1. The summed E-state index contributed by atoms with van der Waals surface area (Å²) >= 11 is 3.38. The van der Waals surface area contributed by atoms with Crippen LogP contribution in [0.1, 0.15) is 17.7 Å². The number of halogens is 1. The molecule has 2 aromatic rings. The van der Waals surface area contributed by atoms with Crippen molar-refractivity contribution in [2.45, 2.75) is 19.4 Å². The van der Waals surface area contributed by atoms with Crippen LogP contribution in [0.3, 0.4) is 0 Å². The number of carbonyl (C=O) groups excluding carboxylic acids is 1. The largest absolute Gasteiger partial charge is 0.459 e. The lowest BCUT2D eigenvalue weighted by molar-refractivity contribution is -0.145. The summed E-state index contributed by atoms with van der Waals surface area (Å²) in [4.78, 5) is 15.7. The highest BCUT2D eigenvalue weighted by Gasteiger charge is 2.04. The van der Waals surface area contributed by atoms with Crippen LogP contribution in [0.2, 0.25) is 0 Å². The van der Waals surface area contributed by atoms with E-state index >= 15 is 0 Å². The van der Waals surface area contributed by atoms with E-state index in [-0.39, 0.29) is 12.6 Å². The van der Waals surface area contributed by atoms with Crippen LogP contribution in [0.5, 0.6) is 0 Å². The fourth-order valence-electron chi connectivity index (χ4n) is 1.61. The van der Waals surface area contributed by atoms with E-state index in [1.165, 1.54) is 0 Å². The van der Waals surface area contributed by atoms with Crippen molar-refractivity contribution in [3.05, 3.63) is 64.4 Å². The van der Waals surface area contributed by atoms with E-state index in [4.69, 9.17) is 4.74 Å². The van der Waals surface area contributed by atoms with Gasteiger partial charge in [-0.15, -0.1) is 0 Å². The summed E-state index contributed by atoms with van der Waals surface area (Å²) < 4.78 is 6.20. The van der Waals surface area contributed by atoms with Crippen molar-refractivity contribution < 1.29 is 9.53 Å². The third-order valence-electron chi connectivity index (χ3n) is 2.64. The first kappa shape index (κ1) is 13.7. The highest BCUT2D eigenvalue weighted by atomic mass is 79.9. The van der Waals surface area contributed by atoms with Crippen LogP contribution < -0.4 is 0 Å². The molecule has 0 unspecified atom stereocenters. The van der Waals surface area contributed by atoms with E-state index < -0.39 is 0 Å². The zero-order valence-corrected chi connectivity index (χ0v) is 12.0. The van der Waals surface area contributed by atoms with Crippen molar-refractivity contribution in [2.75, 3.05) is 0 Å². The minimum atomic E-state index is -0.200. The number of pyridine rings is 1. The van der Waals surface area contributed by atoms with Crippen LogP contribution in [0, 0.1) is 0 Å². The monoisotopic (exact) mass is 319 g/mol. The lowest BCUT2D eigenvalue weighted by Gasteiger charge is -2.04. The number of aryl methyl sites for hydroxylation is 1. The van der Waals surface area contributed by atoms with Gasteiger partial charge in [0.05, 0.1) is 5.69 Å². The van der Waals surface area contributed by atoms with Crippen LogP contribution in [0.15, 0.2) is 53.1 Å². The van der Waals surface area contributed by atoms with E-state index in [9.17, 15) is 4.79 Å². The van der Waals surface area contributed by atoms with Crippen molar-refractivity contribution >= 4 is 21.9 Å². The third kappa shape index (κ3) is 4.83. The average Bonchev–Trinajstić information content (AvgIpc) is 2.45. The first-order valence-corrected chi connectivity index (χ1v) is 6.83. The molecule has 98 valence electrons. The smallest absolute Gasteiger partial charge is 0.306 e. The Morgan fingerprint density at radius 3 is 2.63 bits per heavy atom. The van der Waals surface area contributed by atoms with Crippen molar-refractivity contribution in [3.8, 4) is 0 Å². The molecule has 0 bridgehead atoms. The second-order valence-corrected chi connectivity index (χ2v) is 5.02. The molecule has 1 aromatic carbocycles. The maximum Gasteiger partial charge on any atom is 0.306 e. The van der Waals surface area contributed by atoms with Gasteiger partial charge < -0.3 is 4.74 Å². The number of hydrogen-bond acceptors (Lipinski definition) is 3. The Labute approximate surface area is 120 Å². The maximum atomic E-state index is 11.6. The van der Waals surface area contributed by atoms with Gasteiger partial charge >= 0.3 is 5.97 Å². The number of carbonyl (C=O) groups is 1. The summed E-state index contributed by atoms with van der Waals surface area (Å²) in [6.45, 7) is 0.236. The summed E-state index contributed by atoms with van der Waals surface area (Å²) in [7, 11) is 0. The van der Waals surface area contributed by atoms with Gasteiger partial charge in [-0.2, -0.15) is 0 Å². The average molecular weight is 320 g/mol. The molecule has 0 aliphatic carbocycles. The molecule has 0 saturated heterocycles. The Kier molecular flexibility index (Phi) is 5.10. The van der Waals surface area contributed by atoms with Crippen molar-refractivity contribution in [2.24, 2.45) is 0 Å². The molecule has 0 aliphatic rings. The first-order chi connectivity index (χ1) is 9.24. The number of rotatable bonds is 5. The molecule has 3 nitrogen and oxygen atoms in total. The molecule has 4 heteroatoms. The minimum absolute atomic E-state index is 0.200. The second-order valence-electron chi connectivity index (χ2n) is 4.11. The fraction of sp³-hybridized carbons (Fsp3) is 0.200. The highest BCUT2D eigenvalue weighted by Crippen LogP contribution is 2.12. The SMILES string of the molecule is O=C(CCc1ccc(Br)cc1)OCc1ccccn1. The van der Waals surface area contributed by atoms with Crippen molar-refractivity contribution in [1.29, 1.82) is 0 Å². The summed E-state index contributed by atoms with van der Waals surface area (Å²) in [6.07, 6.45) is 2.76. The van der Waals surface area contributed by atoms with Gasteiger partial charge in [-0.1, -0.05) is 34.1 Å². The number of ether oxygens (including phenoxy) is 1. The van der Waals surface area contributed by atoms with Crippen molar-refractivity contribution in [3.63, 3.8) is 0 Å². The lowest BCUT2D eigenvalue weighted by Crippen LogP contribution is -2.06. The third-order valence-corrected chi connectivity index (χ3v) is 3.17. The van der Waals surface area contributed by atoms with Gasteiger partial charge in [0.2, 0.25) is 0 Å². The van der Waals surface area contributed by atoms with E-state index in [1.54, 1.807) is 6.20 Å². The molecule has 19 heavy (non-hydrogen) atoms. The second kappa shape index (κ2) is 7.04. The molecule has 0 saturated carbocycles. The summed E-state index contributed by atoms with van der Waals surface area (Å²) in [5.74, 6) is -0.200. The molecular weight excluding hydrogens is 306 g/mol. The van der Waals surface area contributed by atoms with E-state index in [0.717, 1.165) is 15.7 Å². The number of esters is 1. The highest BCUT2D eigenvalue weighted by molar-refractivity contribution is 9.10. The zero-order chi connectivity index (χ0) is 13.5.